The summed E-state index contributed by atoms with van der Waals surface area (Å²) in [7, 11) is 0. The van der Waals surface area contributed by atoms with E-state index in [0.717, 1.165) is 52.7 Å². The average Bonchev–Trinajstić information content (AvgIpc) is 3.38. The molecule has 7 rings (SSSR count). The number of fused-ring (bicyclic) bond motifs is 5. The Kier molecular flexibility index (Phi) is 6.42. The molecule has 2 aliphatic rings. The Hall–Kier alpha value is -4.44. The molecule has 2 aliphatic heterocycles. The lowest BCUT2D eigenvalue weighted by molar-refractivity contribution is 0.0963. The fourth-order valence-corrected chi connectivity index (χ4v) is 7.72. The quantitative estimate of drug-likeness (QED) is 0.213. The van der Waals surface area contributed by atoms with Gasteiger partial charge in [-0.2, -0.15) is 0 Å². The molecule has 0 bridgehead atoms. The van der Waals surface area contributed by atoms with E-state index in [4.69, 9.17) is 9.97 Å². The van der Waals surface area contributed by atoms with Crippen molar-refractivity contribution in [3.05, 3.63) is 120 Å². The number of para-hydroxylation sites is 2. The molecule has 216 valence electrons. The van der Waals surface area contributed by atoms with E-state index >= 15 is 0 Å². The number of aromatic nitrogens is 2. The van der Waals surface area contributed by atoms with Crippen LogP contribution in [-0.2, 0) is 5.41 Å². The largest absolute Gasteiger partial charge is 0.301 e. The van der Waals surface area contributed by atoms with Crippen molar-refractivity contribution in [1.29, 1.82) is 0 Å². The fraction of sp³-hybridized carbons (Fsp3) is 0.282. The number of anilines is 4. The standard InChI is InChI=1S/C39H40N4/c1-7-38(5)31-24-16-17-25-32(31)43-36-35(42(28-20-10-9-11-21-28)37(43)39(38,6)8-2)40-33(29-22-14-12-18-26(29)3)34(41-36)30-23-15-13-19-27(30)4/h9-25,37H,7-8H2,1-6H3. The number of benzene rings is 4. The Labute approximate surface area is 256 Å². The predicted molar refractivity (Wildman–Crippen MR) is 179 cm³/mol. The monoisotopic (exact) mass is 564 g/mol. The molecule has 0 amide bonds. The second-order valence-corrected chi connectivity index (χ2v) is 12.6. The summed E-state index contributed by atoms with van der Waals surface area (Å²) in [5.74, 6) is 1.84. The minimum absolute atomic E-state index is 0.00610. The molecule has 0 radical (unpaired) electrons. The summed E-state index contributed by atoms with van der Waals surface area (Å²) < 4.78 is 0. The van der Waals surface area contributed by atoms with Gasteiger partial charge in [-0.05, 0) is 61.6 Å². The van der Waals surface area contributed by atoms with Crippen molar-refractivity contribution in [2.75, 3.05) is 9.80 Å². The van der Waals surface area contributed by atoms with Crippen molar-refractivity contribution in [3.63, 3.8) is 0 Å². The third kappa shape index (κ3) is 3.82. The molecule has 3 heterocycles. The SMILES string of the molecule is CCC1(C)c2ccccc2N2c3nc(-c4ccccc4C)c(-c4ccccc4C)nc3N(c3ccccc3)C2C1(C)CC. The lowest BCUT2D eigenvalue weighted by Crippen LogP contribution is -2.62. The van der Waals surface area contributed by atoms with Crippen molar-refractivity contribution in [2.24, 2.45) is 5.41 Å². The van der Waals surface area contributed by atoms with Crippen LogP contribution in [0.15, 0.2) is 103 Å². The number of hydrogen-bond acceptors (Lipinski definition) is 4. The maximum atomic E-state index is 5.66. The maximum Gasteiger partial charge on any atom is 0.179 e. The molecule has 3 atom stereocenters. The zero-order chi connectivity index (χ0) is 29.9. The summed E-state index contributed by atoms with van der Waals surface area (Å²) in [5.41, 5.74) is 10.1. The van der Waals surface area contributed by atoms with E-state index < -0.39 is 0 Å². The van der Waals surface area contributed by atoms with Crippen LogP contribution in [-0.4, -0.2) is 16.1 Å². The van der Waals surface area contributed by atoms with E-state index in [9.17, 15) is 0 Å². The van der Waals surface area contributed by atoms with Crippen LogP contribution in [0.5, 0.6) is 0 Å². The van der Waals surface area contributed by atoms with Gasteiger partial charge < -0.3 is 9.80 Å². The van der Waals surface area contributed by atoms with Crippen molar-refractivity contribution in [3.8, 4) is 22.5 Å². The van der Waals surface area contributed by atoms with Gasteiger partial charge in [0.05, 0.1) is 11.4 Å². The summed E-state index contributed by atoms with van der Waals surface area (Å²) in [6.07, 6.45) is 2.06. The van der Waals surface area contributed by atoms with Gasteiger partial charge in [0.2, 0.25) is 0 Å². The van der Waals surface area contributed by atoms with Crippen LogP contribution in [0, 0.1) is 19.3 Å². The van der Waals surface area contributed by atoms with E-state index in [1.807, 2.05) is 0 Å². The Bertz CT molecular complexity index is 1830. The van der Waals surface area contributed by atoms with Crippen molar-refractivity contribution >= 4 is 23.0 Å². The van der Waals surface area contributed by atoms with Crippen LogP contribution in [0.25, 0.3) is 22.5 Å². The third-order valence-corrected chi connectivity index (χ3v) is 10.7. The Morgan fingerprint density at radius 2 is 1.12 bits per heavy atom. The number of aryl methyl sites for hydroxylation is 2. The first-order valence-corrected chi connectivity index (χ1v) is 15.6. The van der Waals surface area contributed by atoms with E-state index in [-0.39, 0.29) is 17.0 Å². The van der Waals surface area contributed by atoms with Crippen molar-refractivity contribution in [1.82, 2.24) is 9.97 Å². The lowest BCUT2D eigenvalue weighted by atomic mass is 9.55. The van der Waals surface area contributed by atoms with Crippen LogP contribution in [0.2, 0.25) is 0 Å². The van der Waals surface area contributed by atoms with E-state index in [1.54, 1.807) is 0 Å². The van der Waals surface area contributed by atoms with Crippen LogP contribution < -0.4 is 9.80 Å². The maximum absolute atomic E-state index is 5.66. The molecule has 0 saturated heterocycles. The van der Waals surface area contributed by atoms with Gasteiger partial charge >= 0.3 is 0 Å². The highest BCUT2D eigenvalue weighted by molar-refractivity contribution is 5.92. The Morgan fingerprint density at radius 3 is 1.67 bits per heavy atom. The Balaban J connectivity index is 1.62. The van der Waals surface area contributed by atoms with Gasteiger partial charge in [-0.25, -0.2) is 9.97 Å². The third-order valence-electron chi connectivity index (χ3n) is 10.7. The number of rotatable bonds is 5. The van der Waals surface area contributed by atoms with E-state index in [2.05, 4.69) is 154 Å². The molecule has 3 unspecified atom stereocenters. The van der Waals surface area contributed by atoms with Gasteiger partial charge in [0.1, 0.15) is 6.17 Å². The highest BCUT2D eigenvalue weighted by atomic mass is 15.5. The molecule has 0 spiro atoms. The molecule has 1 aromatic heterocycles. The molecule has 5 aromatic rings. The molecular formula is C39H40N4. The molecule has 0 N–H and O–H groups in total. The van der Waals surface area contributed by atoms with Crippen LogP contribution >= 0.6 is 0 Å². The molecule has 0 saturated carbocycles. The van der Waals surface area contributed by atoms with Crippen molar-refractivity contribution in [2.45, 2.75) is 66.0 Å². The highest BCUT2D eigenvalue weighted by Crippen LogP contribution is 2.64. The summed E-state index contributed by atoms with van der Waals surface area (Å²) in [5, 5.41) is 0. The van der Waals surface area contributed by atoms with E-state index in [0.29, 0.717) is 0 Å². The first-order chi connectivity index (χ1) is 20.8. The molecule has 0 aliphatic carbocycles. The topological polar surface area (TPSA) is 32.3 Å². The first-order valence-electron chi connectivity index (χ1n) is 15.6. The molecule has 4 heteroatoms. The summed E-state index contributed by atoms with van der Waals surface area (Å²) in [6, 6.07) is 36.9. The summed E-state index contributed by atoms with van der Waals surface area (Å²) in [4.78, 5) is 16.3. The zero-order valence-electron chi connectivity index (χ0n) is 26.1. The Morgan fingerprint density at radius 1 is 0.605 bits per heavy atom. The van der Waals surface area contributed by atoms with Gasteiger partial charge in [-0.15, -0.1) is 0 Å². The molecule has 4 nitrogen and oxygen atoms in total. The van der Waals surface area contributed by atoms with Crippen LogP contribution in [0.4, 0.5) is 23.0 Å². The molecule has 43 heavy (non-hydrogen) atoms. The van der Waals surface area contributed by atoms with Gasteiger partial charge in [0, 0.05) is 33.3 Å². The summed E-state index contributed by atoms with van der Waals surface area (Å²) in [6.45, 7) is 14.0. The highest BCUT2D eigenvalue weighted by Gasteiger charge is 2.61. The van der Waals surface area contributed by atoms with Gasteiger partial charge in [-0.3, -0.25) is 0 Å². The summed E-state index contributed by atoms with van der Waals surface area (Å²) >= 11 is 0. The van der Waals surface area contributed by atoms with Crippen molar-refractivity contribution < 1.29 is 0 Å². The fourth-order valence-electron chi connectivity index (χ4n) is 7.72. The normalized spacial score (nSPS) is 22.2. The van der Waals surface area contributed by atoms with Gasteiger partial charge in [0.15, 0.2) is 11.6 Å². The lowest BCUT2D eigenvalue weighted by Gasteiger charge is -2.58. The minimum Gasteiger partial charge on any atom is -0.301 e. The minimum atomic E-state index is -0.111. The average molecular weight is 565 g/mol. The van der Waals surface area contributed by atoms with Crippen LogP contribution in [0.3, 0.4) is 0 Å². The van der Waals surface area contributed by atoms with Gasteiger partial charge in [-0.1, -0.05) is 113 Å². The first kappa shape index (κ1) is 27.4. The molecule has 4 aromatic carbocycles. The second kappa shape index (κ2) is 10.1. The predicted octanol–water partition coefficient (Wildman–Crippen LogP) is 10.1. The second-order valence-electron chi connectivity index (χ2n) is 12.6. The van der Waals surface area contributed by atoms with Gasteiger partial charge in [0.25, 0.3) is 0 Å². The molecule has 0 fully saturated rings. The smallest absolute Gasteiger partial charge is 0.179 e. The molecular weight excluding hydrogens is 524 g/mol. The van der Waals surface area contributed by atoms with E-state index in [1.165, 1.54) is 22.4 Å². The number of hydrogen-bond donors (Lipinski definition) is 0. The van der Waals surface area contributed by atoms with Crippen LogP contribution in [0.1, 0.15) is 57.2 Å². The number of nitrogens with zero attached hydrogens (tertiary/aromatic N) is 4. The zero-order valence-corrected chi connectivity index (χ0v) is 26.1.